The molecule has 0 aliphatic heterocycles. The van der Waals surface area contributed by atoms with Gasteiger partial charge in [-0.05, 0) is 32.5 Å². The van der Waals surface area contributed by atoms with Crippen LogP contribution in [0, 0.1) is 11.7 Å². The summed E-state index contributed by atoms with van der Waals surface area (Å²) in [5.41, 5.74) is 2.12. The van der Waals surface area contributed by atoms with Gasteiger partial charge < -0.3 is 5.32 Å². The van der Waals surface area contributed by atoms with E-state index in [1.165, 1.54) is 24.8 Å². The van der Waals surface area contributed by atoms with Crippen LogP contribution in [0.1, 0.15) is 51.5 Å². The Bertz CT molecular complexity index is 733. The molecule has 0 radical (unpaired) electrons. The van der Waals surface area contributed by atoms with Gasteiger partial charge in [-0.15, -0.1) is 0 Å². The standard InChI is InChI=1S/C19H28N4OS/c1-4-5-6-7-8-15(3)20-17(24)13-23-18(21-22-19(23)25)16-11-9-14(2)10-12-16/h9-12,15H,4-8,13H2,1-3H3,(H,20,24)(H,22,25). The number of benzene rings is 1. The predicted molar refractivity (Wildman–Crippen MR) is 104 cm³/mol. The van der Waals surface area contributed by atoms with E-state index in [1.54, 1.807) is 4.57 Å². The van der Waals surface area contributed by atoms with Crippen molar-refractivity contribution in [2.24, 2.45) is 0 Å². The first kappa shape index (κ1) is 19.4. The summed E-state index contributed by atoms with van der Waals surface area (Å²) in [7, 11) is 0. The summed E-state index contributed by atoms with van der Waals surface area (Å²) in [5.74, 6) is 0.657. The van der Waals surface area contributed by atoms with Gasteiger partial charge in [-0.2, -0.15) is 5.10 Å². The Balaban J connectivity index is 1.98. The van der Waals surface area contributed by atoms with Crippen molar-refractivity contribution < 1.29 is 4.79 Å². The number of amides is 1. The van der Waals surface area contributed by atoms with Gasteiger partial charge in [0, 0.05) is 11.6 Å². The molecule has 0 aliphatic rings. The van der Waals surface area contributed by atoms with E-state index in [1.807, 2.05) is 31.2 Å². The molecule has 0 fully saturated rings. The molecule has 0 spiro atoms. The van der Waals surface area contributed by atoms with Crippen LogP contribution in [0.25, 0.3) is 11.4 Å². The summed E-state index contributed by atoms with van der Waals surface area (Å²) < 4.78 is 2.21. The molecular formula is C19H28N4OS. The molecule has 1 unspecified atom stereocenters. The zero-order valence-corrected chi connectivity index (χ0v) is 16.2. The lowest BCUT2D eigenvalue weighted by Crippen LogP contribution is -2.35. The van der Waals surface area contributed by atoms with Crippen LogP contribution in [0.15, 0.2) is 24.3 Å². The Hall–Kier alpha value is -1.95. The highest BCUT2D eigenvalue weighted by Gasteiger charge is 2.13. The van der Waals surface area contributed by atoms with Crippen molar-refractivity contribution in [1.29, 1.82) is 0 Å². The van der Waals surface area contributed by atoms with Crippen LogP contribution < -0.4 is 5.32 Å². The fourth-order valence-electron chi connectivity index (χ4n) is 2.80. The molecule has 0 saturated heterocycles. The van der Waals surface area contributed by atoms with Crippen LogP contribution in [0.2, 0.25) is 0 Å². The number of carbonyl (C=O) groups is 1. The second-order valence-corrected chi connectivity index (χ2v) is 7.01. The Kier molecular flexibility index (Phi) is 7.37. The molecule has 0 saturated carbocycles. The van der Waals surface area contributed by atoms with Crippen molar-refractivity contribution in [2.75, 3.05) is 0 Å². The second kappa shape index (κ2) is 9.51. The normalized spacial score (nSPS) is 12.1. The third-order valence-electron chi connectivity index (χ3n) is 4.27. The number of rotatable bonds is 9. The minimum Gasteiger partial charge on any atom is -0.352 e. The summed E-state index contributed by atoms with van der Waals surface area (Å²) in [5, 5.41) is 10.1. The molecule has 1 heterocycles. The van der Waals surface area contributed by atoms with Crippen LogP contribution in [-0.2, 0) is 11.3 Å². The van der Waals surface area contributed by atoms with Gasteiger partial charge in [0.15, 0.2) is 10.6 Å². The summed E-state index contributed by atoms with van der Waals surface area (Å²) in [6, 6.07) is 8.20. The molecule has 1 aromatic carbocycles. The summed E-state index contributed by atoms with van der Waals surface area (Å²) in [6.07, 6.45) is 5.86. The van der Waals surface area contributed by atoms with Crippen LogP contribution in [-0.4, -0.2) is 26.7 Å². The Morgan fingerprint density at radius 2 is 2.00 bits per heavy atom. The third-order valence-corrected chi connectivity index (χ3v) is 4.58. The Morgan fingerprint density at radius 3 is 2.68 bits per heavy atom. The molecule has 0 aliphatic carbocycles. The number of nitrogens with zero attached hydrogens (tertiary/aromatic N) is 2. The molecule has 1 aromatic heterocycles. The van der Waals surface area contributed by atoms with Gasteiger partial charge in [0.1, 0.15) is 6.54 Å². The number of hydrogen-bond acceptors (Lipinski definition) is 3. The van der Waals surface area contributed by atoms with E-state index in [4.69, 9.17) is 12.2 Å². The first-order valence-electron chi connectivity index (χ1n) is 9.03. The van der Waals surface area contributed by atoms with Gasteiger partial charge in [0.05, 0.1) is 0 Å². The third kappa shape index (κ3) is 5.81. The topological polar surface area (TPSA) is 62.7 Å². The molecule has 25 heavy (non-hydrogen) atoms. The number of nitrogens with one attached hydrogen (secondary N) is 2. The van der Waals surface area contributed by atoms with E-state index in [0.717, 1.165) is 18.4 Å². The van der Waals surface area contributed by atoms with Crippen molar-refractivity contribution in [3.63, 3.8) is 0 Å². The van der Waals surface area contributed by atoms with Crippen LogP contribution >= 0.6 is 12.2 Å². The van der Waals surface area contributed by atoms with E-state index in [-0.39, 0.29) is 18.5 Å². The molecule has 1 amide bonds. The van der Waals surface area contributed by atoms with Gasteiger partial charge >= 0.3 is 0 Å². The number of carbonyl (C=O) groups excluding carboxylic acids is 1. The highest BCUT2D eigenvalue weighted by molar-refractivity contribution is 7.71. The second-order valence-electron chi connectivity index (χ2n) is 6.62. The molecule has 2 N–H and O–H groups in total. The van der Waals surface area contributed by atoms with Gasteiger partial charge in [0.25, 0.3) is 0 Å². The first-order chi connectivity index (χ1) is 12.0. The van der Waals surface area contributed by atoms with E-state index in [9.17, 15) is 4.79 Å². The van der Waals surface area contributed by atoms with Gasteiger partial charge in [-0.25, -0.2) is 0 Å². The van der Waals surface area contributed by atoms with Crippen molar-refractivity contribution in [3.05, 3.63) is 34.6 Å². The van der Waals surface area contributed by atoms with Crippen molar-refractivity contribution in [2.45, 2.75) is 65.5 Å². The number of aryl methyl sites for hydroxylation is 1. The molecule has 6 heteroatoms. The lowest BCUT2D eigenvalue weighted by Gasteiger charge is -2.14. The molecule has 1 atom stereocenters. The van der Waals surface area contributed by atoms with E-state index in [0.29, 0.717) is 10.6 Å². The minimum atomic E-state index is -0.0335. The quantitative estimate of drug-likeness (QED) is 0.515. The number of unbranched alkanes of at least 4 members (excludes halogenated alkanes) is 3. The van der Waals surface area contributed by atoms with Crippen molar-refractivity contribution >= 4 is 18.1 Å². The first-order valence-corrected chi connectivity index (χ1v) is 9.43. The predicted octanol–water partition coefficient (Wildman–Crippen LogP) is 4.39. The number of aromatic nitrogens is 3. The largest absolute Gasteiger partial charge is 0.352 e. The van der Waals surface area contributed by atoms with Crippen molar-refractivity contribution in [1.82, 2.24) is 20.1 Å². The van der Waals surface area contributed by atoms with Crippen LogP contribution in [0.5, 0.6) is 0 Å². The van der Waals surface area contributed by atoms with E-state index >= 15 is 0 Å². The fourth-order valence-corrected chi connectivity index (χ4v) is 3.00. The highest BCUT2D eigenvalue weighted by atomic mass is 32.1. The zero-order chi connectivity index (χ0) is 18.2. The summed E-state index contributed by atoms with van der Waals surface area (Å²) >= 11 is 5.29. The molecule has 2 rings (SSSR count). The number of H-pyrrole nitrogens is 1. The average Bonchev–Trinajstić information content (AvgIpc) is 2.93. The fraction of sp³-hybridized carbons (Fsp3) is 0.526. The molecule has 5 nitrogen and oxygen atoms in total. The number of hydrogen-bond donors (Lipinski definition) is 2. The van der Waals surface area contributed by atoms with Gasteiger partial charge in [-0.3, -0.25) is 14.5 Å². The molecule has 136 valence electrons. The van der Waals surface area contributed by atoms with Crippen LogP contribution in [0.3, 0.4) is 0 Å². The maximum absolute atomic E-state index is 12.4. The summed E-state index contributed by atoms with van der Waals surface area (Å²) in [4.78, 5) is 12.4. The van der Waals surface area contributed by atoms with Gasteiger partial charge in [-0.1, -0.05) is 62.4 Å². The Labute approximate surface area is 154 Å². The maximum Gasteiger partial charge on any atom is 0.240 e. The molecule has 0 bridgehead atoms. The minimum absolute atomic E-state index is 0.0335. The smallest absolute Gasteiger partial charge is 0.240 e. The molecule has 2 aromatic rings. The lowest BCUT2D eigenvalue weighted by atomic mass is 10.1. The monoisotopic (exact) mass is 360 g/mol. The maximum atomic E-state index is 12.4. The lowest BCUT2D eigenvalue weighted by molar-refractivity contribution is -0.122. The highest BCUT2D eigenvalue weighted by Crippen LogP contribution is 2.17. The van der Waals surface area contributed by atoms with Crippen molar-refractivity contribution in [3.8, 4) is 11.4 Å². The number of aromatic amines is 1. The van der Waals surface area contributed by atoms with E-state index in [2.05, 4.69) is 29.4 Å². The SMILES string of the molecule is CCCCCCC(C)NC(=O)Cn1c(-c2ccc(C)cc2)n[nH]c1=S. The average molecular weight is 361 g/mol. The summed E-state index contributed by atoms with van der Waals surface area (Å²) in [6.45, 7) is 6.47. The zero-order valence-electron chi connectivity index (χ0n) is 15.3. The van der Waals surface area contributed by atoms with E-state index < -0.39 is 0 Å². The molecular weight excluding hydrogens is 332 g/mol. The Morgan fingerprint density at radius 1 is 1.28 bits per heavy atom. The van der Waals surface area contributed by atoms with Gasteiger partial charge in [0.2, 0.25) is 5.91 Å². The van der Waals surface area contributed by atoms with Crippen LogP contribution in [0.4, 0.5) is 0 Å².